The van der Waals surface area contributed by atoms with Crippen molar-refractivity contribution in [2.24, 2.45) is 17.1 Å². The first kappa shape index (κ1) is 39.4. The third-order valence-electron chi connectivity index (χ3n) is 9.03. The molecule has 2 aliphatic heterocycles. The fourth-order valence-electron chi connectivity index (χ4n) is 6.49. The van der Waals surface area contributed by atoms with Crippen molar-refractivity contribution in [3.05, 3.63) is 60.1 Å². The summed E-state index contributed by atoms with van der Waals surface area (Å²) in [6.45, 7) is 14.3. The van der Waals surface area contributed by atoms with Crippen LogP contribution in [0.15, 0.2) is 48.9 Å². The summed E-state index contributed by atoms with van der Waals surface area (Å²) in [6, 6.07) is 8.09. The number of hydrogen-bond donors (Lipinski definition) is 5. The minimum atomic E-state index is -1.89. The zero-order valence-electron chi connectivity index (χ0n) is 31.2. The van der Waals surface area contributed by atoms with Crippen molar-refractivity contribution in [2.45, 2.75) is 97.4 Å². The lowest BCUT2D eigenvalue weighted by Crippen LogP contribution is -2.54. The van der Waals surface area contributed by atoms with Crippen LogP contribution in [-0.2, 0) is 39.6 Å². The number of amides is 3. The molecule has 53 heavy (non-hydrogen) atoms. The van der Waals surface area contributed by atoms with Crippen molar-refractivity contribution in [2.75, 3.05) is 11.9 Å². The van der Waals surface area contributed by atoms with Gasteiger partial charge in [0.1, 0.15) is 48.7 Å². The van der Waals surface area contributed by atoms with E-state index in [1.165, 1.54) is 19.3 Å². The Morgan fingerprint density at radius 1 is 1.17 bits per heavy atom. The summed E-state index contributed by atoms with van der Waals surface area (Å²) >= 11 is 0. The van der Waals surface area contributed by atoms with Crippen LogP contribution in [0, 0.1) is 11.3 Å². The SMILES string of the molecule is CC(C)C(NC(=O)OCc1ccccc1)C(=O)NCC(=O)OC1C(C(O[SiH](C)C)C(C)(C)C)OC(n2cc3c4c(ncnc42)NC(=O)C=C3N)C1(C)O. The molecule has 0 bridgehead atoms. The molecule has 3 aromatic rings. The van der Waals surface area contributed by atoms with Gasteiger partial charge in [-0.15, -0.1) is 0 Å². The van der Waals surface area contributed by atoms with Gasteiger partial charge in [-0.2, -0.15) is 0 Å². The lowest BCUT2D eigenvalue weighted by Gasteiger charge is -2.39. The van der Waals surface area contributed by atoms with E-state index in [0.717, 1.165) is 5.56 Å². The van der Waals surface area contributed by atoms with Crippen LogP contribution in [0.3, 0.4) is 0 Å². The zero-order chi connectivity index (χ0) is 38.8. The van der Waals surface area contributed by atoms with Crippen LogP contribution in [0.5, 0.6) is 0 Å². The van der Waals surface area contributed by atoms with E-state index in [1.807, 2.05) is 64.2 Å². The van der Waals surface area contributed by atoms with E-state index < -0.39 is 81.1 Å². The third kappa shape index (κ3) is 8.70. The molecule has 0 spiro atoms. The smallest absolute Gasteiger partial charge is 0.408 e. The highest BCUT2D eigenvalue weighted by Crippen LogP contribution is 2.47. The number of esters is 1. The average Bonchev–Trinajstić information content (AvgIpc) is 3.54. The van der Waals surface area contributed by atoms with Crippen LogP contribution in [0.4, 0.5) is 10.6 Å². The predicted octanol–water partition coefficient (Wildman–Crippen LogP) is 2.73. The summed E-state index contributed by atoms with van der Waals surface area (Å²) < 4.78 is 26.0. The number of benzene rings is 1. The van der Waals surface area contributed by atoms with E-state index in [2.05, 4.69) is 25.9 Å². The van der Waals surface area contributed by atoms with Crippen molar-refractivity contribution >= 4 is 55.5 Å². The number of carbonyl (C=O) groups is 4. The van der Waals surface area contributed by atoms with Crippen molar-refractivity contribution < 1.29 is 42.9 Å². The van der Waals surface area contributed by atoms with Gasteiger partial charge in [-0.05, 0) is 36.9 Å². The molecule has 17 heteroatoms. The van der Waals surface area contributed by atoms with Gasteiger partial charge in [0.05, 0.1) is 11.5 Å². The van der Waals surface area contributed by atoms with E-state index in [9.17, 15) is 24.3 Å². The fourth-order valence-corrected chi connectivity index (χ4v) is 7.64. The number of alkyl carbamates (subject to hydrolysis) is 1. The Bertz CT molecular complexity index is 1870. The molecule has 1 aromatic carbocycles. The van der Waals surface area contributed by atoms with Crippen LogP contribution in [0.1, 0.15) is 58.9 Å². The molecule has 5 rings (SSSR count). The van der Waals surface area contributed by atoms with Gasteiger partial charge in [-0.1, -0.05) is 65.0 Å². The maximum absolute atomic E-state index is 13.5. The molecule has 6 atom stereocenters. The summed E-state index contributed by atoms with van der Waals surface area (Å²) in [5.41, 5.74) is 5.58. The molecule has 2 aliphatic rings. The summed E-state index contributed by atoms with van der Waals surface area (Å²) in [7, 11) is -1.72. The second-order valence-electron chi connectivity index (χ2n) is 15.2. The number of aromatic nitrogens is 3. The maximum atomic E-state index is 13.5. The van der Waals surface area contributed by atoms with E-state index in [1.54, 1.807) is 24.6 Å². The lowest BCUT2D eigenvalue weighted by atomic mass is 9.82. The van der Waals surface area contributed by atoms with Gasteiger partial charge in [0, 0.05) is 23.5 Å². The molecule has 16 nitrogen and oxygen atoms in total. The first-order valence-corrected chi connectivity index (χ1v) is 20.3. The minimum absolute atomic E-state index is 0.0183. The number of aliphatic hydroxyl groups is 1. The molecular formula is C36H49N7O9Si. The Hall–Kier alpha value is -4.84. The van der Waals surface area contributed by atoms with E-state index in [-0.39, 0.29) is 24.0 Å². The molecule has 0 aliphatic carbocycles. The zero-order valence-corrected chi connectivity index (χ0v) is 32.4. The Balaban J connectivity index is 1.38. The van der Waals surface area contributed by atoms with Crippen molar-refractivity contribution in [3.63, 3.8) is 0 Å². The summed E-state index contributed by atoms with van der Waals surface area (Å²) in [4.78, 5) is 60.4. The van der Waals surface area contributed by atoms with Crippen LogP contribution in [0.2, 0.25) is 13.1 Å². The van der Waals surface area contributed by atoms with Crippen LogP contribution in [-0.4, -0.2) is 89.1 Å². The maximum Gasteiger partial charge on any atom is 0.408 e. The monoisotopic (exact) mass is 751 g/mol. The summed E-state index contributed by atoms with van der Waals surface area (Å²) in [6.07, 6.45) is -0.744. The Kier molecular flexibility index (Phi) is 11.6. The fraction of sp³-hybridized carbons (Fsp3) is 0.500. The van der Waals surface area contributed by atoms with Crippen molar-refractivity contribution in [3.8, 4) is 0 Å². The number of anilines is 1. The first-order valence-electron chi connectivity index (χ1n) is 17.5. The van der Waals surface area contributed by atoms with Gasteiger partial charge in [0.25, 0.3) is 5.91 Å². The van der Waals surface area contributed by atoms with Gasteiger partial charge < -0.3 is 50.0 Å². The average molecular weight is 752 g/mol. The van der Waals surface area contributed by atoms with E-state index in [0.29, 0.717) is 16.6 Å². The molecule has 1 fully saturated rings. The molecule has 1 saturated heterocycles. The predicted molar refractivity (Wildman–Crippen MR) is 197 cm³/mol. The highest BCUT2D eigenvalue weighted by molar-refractivity contribution is 6.48. The Morgan fingerprint density at radius 2 is 1.87 bits per heavy atom. The quantitative estimate of drug-likeness (QED) is 0.133. The second-order valence-corrected chi connectivity index (χ2v) is 17.5. The second kappa shape index (κ2) is 15.6. The highest BCUT2D eigenvalue weighted by Gasteiger charge is 2.60. The number of carbonyl (C=O) groups excluding carboxylic acids is 4. The standard InChI is InChI=1S/C36H49N7O9Si/c1-19(2)26(42-34(47)49-17-20-12-10-9-11-13-20)32(46)38-15-24(45)50-29-27(28(35(3,4)5)52-53(7)8)51-33(36(29,6)48)43-16-21-22(37)14-23(44)41-30-25(21)31(43)40-18-39-30/h9-14,16,18-19,26-29,33,48,53H,15,17,37H2,1-8H3,(H,38,46)(H,42,47)(H,39,40,41,44). The number of nitrogens with zero attached hydrogens (tertiary/aromatic N) is 3. The third-order valence-corrected chi connectivity index (χ3v) is 9.87. The minimum Gasteiger partial charge on any atom is -0.455 e. The number of rotatable bonds is 12. The van der Waals surface area contributed by atoms with Gasteiger partial charge >= 0.3 is 12.1 Å². The molecule has 2 aromatic heterocycles. The number of hydrogen-bond acceptors (Lipinski definition) is 12. The van der Waals surface area contributed by atoms with Gasteiger partial charge in [-0.3, -0.25) is 14.4 Å². The van der Waals surface area contributed by atoms with Gasteiger partial charge in [0.15, 0.2) is 21.4 Å². The van der Waals surface area contributed by atoms with Crippen LogP contribution >= 0.6 is 0 Å². The lowest BCUT2D eigenvalue weighted by molar-refractivity contribution is -0.167. The van der Waals surface area contributed by atoms with Crippen molar-refractivity contribution in [1.29, 1.82) is 0 Å². The Morgan fingerprint density at radius 3 is 2.51 bits per heavy atom. The molecule has 6 unspecified atom stereocenters. The van der Waals surface area contributed by atoms with Crippen LogP contribution in [0.25, 0.3) is 16.7 Å². The van der Waals surface area contributed by atoms with Gasteiger partial charge in [-0.25, -0.2) is 14.8 Å². The van der Waals surface area contributed by atoms with Crippen LogP contribution < -0.4 is 21.7 Å². The molecule has 3 amide bonds. The molecule has 6 N–H and O–H groups in total. The van der Waals surface area contributed by atoms with E-state index >= 15 is 0 Å². The Labute approximate surface area is 309 Å². The normalized spacial score (nSPS) is 22.5. The summed E-state index contributed by atoms with van der Waals surface area (Å²) in [5, 5.41) is 20.6. The van der Waals surface area contributed by atoms with E-state index in [4.69, 9.17) is 24.4 Å². The summed E-state index contributed by atoms with van der Waals surface area (Å²) in [5.74, 6) is -2.04. The molecule has 286 valence electrons. The van der Waals surface area contributed by atoms with Crippen molar-refractivity contribution in [1.82, 2.24) is 25.2 Å². The topological polar surface area (TPSA) is 218 Å². The number of nitrogens with two attached hydrogens (primary N) is 1. The molecule has 0 saturated carbocycles. The molecule has 0 radical (unpaired) electrons. The van der Waals surface area contributed by atoms with Gasteiger partial charge in [0.2, 0.25) is 5.91 Å². The number of ether oxygens (including phenoxy) is 3. The molecular weight excluding hydrogens is 703 g/mol. The number of nitrogens with one attached hydrogen (secondary N) is 3. The highest BCUT2D eigenvalue weighted by atomic mass is 28.3. The first-order chi connectivity index (χ1) is 24.9. The largest absolute Gasteiger partial charge is 0.455 e. The molecule has 4 heterocycles.